The number of nitrogens with two attached hydrogens (primary N) is 1. The lowest BCUT2D eigenvalue weighted by Gasteiger charge is -2.30. The summed E-state index contributed by atoms with van der Waals surface area (Å²) in [6.07, 6.45) is 3.49. The van der Waals surface area contributed by atoms with Crippen molar-refractivity contribution >= 4 is 0 Å². The van der Waals surface area contributed by atoms with Crippen molar-refractivity contribution in [1.82, 2.24) is 9.80 Å². The maximum atomic E-state index is 5.60. The highest BCUT2D eigenvalue weighted by Gasteiger charge is 2.21. The van der Waals surface area contributed by atoms with Crippen molar-refractivity contribution in [2.45, 2.75) is 38.8 Å². The summed E-state index contributed by atoms with van der Waals surface area (Å²) in [4.78, 5) is 5.12. The molecular weight excluding hydrogens is 246 g/mol. The summed E-state index contributed by atoms with van der Waals surface area (Å²) >= 11 is 0. The van der Waals surface area contributed by atoms with Crippen molar-refractivity contribution in [3.8, 4) is 0 Å². The molecule has 0 spiro atoms. The summed E-state index contributed by atoms with van der Waals surface area (Å²) < 4.78 is 0. The van der Waals surface area contributed by atoms with Gasteiger partial charge >= 0.3 is 0 Å². The first-order valence-electron chi connectivity index (χ1n) is 7.93. The third-order valence-electron chi connectivity index (χ3n) is 4.34. The summed E-state index contributed by atoms with van der Waals surface area (Å²) in [6, 6.07) is 9.69. The van der Waals surface area contributed by atoms with E-state index in [1.165, 1.54) is 43.6 Å². The van der Waals surface area contributed by atoms with Gasteiger partial charge in [0.25, 0.3) is 0 Å². The van der Waals surface area contributed by atoms with Crippen LogP contribution in [0.15, 0.2) is 24.3 Å². The molecular formula is C17H29N3. The number of hydrogen-bond donors (Lipinski definition) is 1. The van der Waals surface area contributed by atoms with E-state index in [4.69, 9.17) is 5.73 Å². The summed E-state index contributed by atoms with van der Waals surface area (Å²) in [5.74, 6) is 0. The van der Waals surface area contributed by atoms with Gasteiger partial charge in [-0.3, -0.25) is 4.90 Å². The van der Waals surface area contributed by atoms with Gasteiger partial charge in [0, 0.05) is 25.7 Å². The average molecular weight is 275 g/mol. The zero-order valence-corrected chi connectivity index (χ0v) is 13.0. The molecule has 1 atom stereocenters. The van der Waals surface area contributed by atoms with E-state index in [9.17, 15) is 0 Å². The lowest BCUT2D eigenvalue weighted by atomic mass is 10.1. The maximum absolute atomic E-state index is 5.60. The van der Waals surface area contributed by atoms with Crippen LogP contribution in [0.2, 0.25) is 0 Å². The third kappa shape index (κ3) is 4.30. The van der Waals surface area contributed by atoms with Crippen LogP contribution >= 0.6 is 0 Å². The Morgan fingerprint density at radius 1 is 1.15 bits per heavy atom. The van der Waals surface area contributed by atoms with Crippen LogP contribution in [-0.2, 0) is 13.0 Å². The van der Waals surface area contributed by atoms with Gasteiger partial charge in [0.2, 0.25) is 0 Å². The molecule has 112 valence electrons. The lowest BCUT2D eigenvalue weighted by molar-refractivity contribution is 0.176. The minimum Gasteiger partial charge on any atom is -0.330 e. The number of rotatable bonds is 5. The van der Waals surface area contributed by atoms with Crippen LogP contribution in [0.1, 0.15) is 30.9 Å². The number of likely N-dealkylation sites (N-methyl/N-ethyl adjacent to an activating group) is 1. The maximum Gasteiger partial charge on any atom is 0.0237 e. The second-order valence-corrected chi connectivity index (χ2v) is 6.00. The molecule has 1 aliphatic rings. The number of hydrogen-bond acceptors (Lipinski definition) is 3. The van der Waals surface area contributed by atoms with Gasteiger partial charge in [-0.05, 0) is 50.5 Å². The fourth-order valence-electron chi connectivity index (χ4n) is 3.10. The van der Waals surface area contributed by atoms with E-state index < -0.39 is 0 Å². The molecule has 2 N–H and O–H groups in total. The standard InChI is InChI=1S/C17H29N3/c1-3-17-14-19(2)11-4-12-20(17)13-16-7-5-15(6-8-16)9-10-18/h5-8,17H,3-4,9-14,18H2,1-2H3. The molecule has 0 aliphatic carbocycles. The largest absolute Gasteiger partial charge is 0.330 e. The molecule has 0 amide bonds. The van der Waals surface area contributed by atoms with Crippen LogP contribution in [0.4, 0.5) is 0 Å². The quantitative estimate of drug-likeness (QED) is 0.893. The van der Waals surface area contributed by atoms with Crippen LogP contribution in [0.25, 0.3) is 0 Å². The van der Waals surface area contributed by atoms with Gasteiger partial charge in [-0.2, -0.15) is 0 Å². The predicted octanol–water partition coefficient (Wildman–Crippen LogP) is 2.10. The summed E-state index contributed by atoms with van der Waals surface area (Å²) in [5, 5.41) is 0. The van der Waals surface area contributed by atoms with Crippen molar-refractivity contribution in [2.75, 3.05) is 33.2 Å². The van der Waals surface area contributed by atoms with Gasteiger partial charge in [0.15, 0.2) is 0 Å². The number of nitrogens with zero attached hydrogens (tertiary/aromatic N) is 2. The molecule has 3 nitrogen and oxygen atoms in total. The highest BCUT2D eigenvalue weighted by molar-refractivity contribution is 5.22. The molecule has 3 heteroatoms. The lowest BCUT2D eigenvalue weighted by Crippen LogP contribution is -2.39. The fourth-order valence-corrected chi connectivity index (χ4v) is 3.10. The first-order chi connectivity index (χ1) is 9.72. The van der Waals surface area contributed by atoms with E-state index in [-0.39, 0.29) is 0 Å². The van der Waals surface area contributed by atoms with Gasteiger partial charge in [-0.1, -0.05) is 31.2 Å². The van der Waals surface area contributed by atoms with Gasteiger partial charge in [0.1, 0.15) is 0 Å². The van der Waals surface area contributed by atoms with E-state index in [1.54, 1.807) is 0 Å². The normalized spacial score (nSPS) is 21.9. The zero-order chi connectivity index (χ0) is 14.4. The van der Waals surface area contributed by atoms with E-state index in [0.717, 1.165) is 19.5 Å². The third-order valence-corrected chi connectivity index (χ3v) is 4.34. The molecule has 1 aromatic carbocycles. The number of benzene rings is 1. The Labute approximate surface area is 123 Å². The molecule has 2 rings (SSSR count). The van der Waals surface area contributed by atoms with Crippen LogP contribution < -0.4 is 5.73 Å². The molecule has 1 fully saturated rings. The second-order valence-electron chi connectivity index (χ2n) is 6.00. The summed E-state index contributed by atoms with van der Waals surface area (Å²) in [7, 11) is 2.24. The molecule has 1 saturated heterocycles. The zero-order valence-electron chi connectivity index (χ0n) is 13.0. The van der Waals surface area contributed by atoms with Gasteiger partial charge in [-0.15, -0.1) is 0 Å². The average Bonchev–Trinajstić information content (AvgIpc) is 2.63. The Balaban J connectivity index is 1.99. The van der Waals surface area contributed by atoms with Gasteiger partial charge in [0.05, 0.1) is 0 Å². The Morgan fingerprint density at radius 2 is 1.85 bits per heavy atom. The van der Waals surface area contributed by atoms with Crippen molar-refractivity contribution < 1.29 is 0 Å². The highest BCUT2D eigenvalue weighted by Crippen LogP contribution is 2.16. The highest BCUT2D eigenvalue weighted by atomic mass is 15.2. The van der Waals surface area contributed by atoms with Gasteiger partial charge < -0.3 is 10.6 Å². The Bertz CT molecular complexity index is 388. The molecule has 0 saturated carbocycles. The fraction of sp³-hybridized carbons (Fsp3) is 0.647. The SMILES string of the molecule is CCC1CN(C)CCCN1Cc1ccc(CCN)cc1. The van der Waals surface area contributed by atoms with E-state index >= 15 is 0 Å². The van der Waals surface area contributed by atoms with E-state index in [1.807, 2.05) is 0 Å². The topological polar surface area (TPSA) is 32.5 Å². The predicted molar refractivity (Wildman–Crippen MR) is 85.8 cm³/mol. The monoisotopic (exact) mass is 275 g/mol. The van der Waals surface area contributed by atoms with Gasteiger partial charge in [-0.25, -0.2) is 0 Å². The molecule has 1 aliphatic heterocycles. The Kier molecular flexibility index (Phi) is 6.02. The Morgan fingerprint density at radius 3 is 2.50 bits per heavy atom. The van der Waals surface area contributed by atoms with Crippen LogP contribution in [0.5, 0.6) is 0 Å². The van der Waals surface area contributed by atoms with Crippen LogP contribution in [-0.4, -0.2) is 49.1 Å². The van der Waals surface area contributed by atoms with Crippen LogP contribution in [0, 0.1) is 0 Å². The minimum atomic E-state index is 0.686. The molecule has 1 heterocycles. The van der Waals surface area contributed by atoms with Crippen molar-refractivity contribution in [3.05, 3.63) is 35.4 Å². The molecule has 20 heavy (non-hydrogen) atoms. The molecule has 1 aromatic rings. The van der Waals surface area contributed by atoms with Crippen molar-refractivity contribution in [3.63, 3.8) is 0 Å². The first-order valence-corrected chi connectivity index (χ1v) is 7.93. The van der Waals surface area contributed by atoms with Crippen molar-refractivity contribution in [2.24, 2.45) is 5.73 Å². The Hall–Kier alpha value is -0.900. The van der Waals surface area contributed by atoms with Crippen LogP contribution in [0.3, 0.4) is 0 Å². The minimum absolute atomic E-state index is 0.686. The van der Waals surface area contributed by atoms with Crippen molar-refractivity contribution in [1.29, 1.82) is 0 Å². The second kappa shape index (κ2) is 7.77. The smallest absolute Gasteiger partial charge is 0.0237 e. The first kappa shape index (κ1) is 15.5. The molecule has 0 bridgehead atoms. The summed E-state index contributed by atoms with van der Waals surface area (Å²) in [5.41, 5.74) is 8.37. The van der Waals surface area contributed by atoms with E-state index in [0.29, 0.717) is 6.04 Å². The molecule has 1 unspecified atom stereocenters. The van der Waals surface area contributed by atoms with E-state index in [2.05, 4.69) is 48.0 Å². The molecule has 0 radical (unpaired) electrons. The summed E-state index contributed by atoms with van der Waals surface area (Å²) in [6.45, 7) is 7.75. The molecule has 0 aromatic heterocycles.